The van der Waals surface area contributed by atoms with Crippen LogP contribution < -0.4 is 20.5 Å². The lowest BCUT2D eigenvalue weighted by Gasteiger charge is -2.50. The first-order valence-electron chi connectivity index (χ1n) is 12.7. The number of anilines is 2. The lowest BCUT2D eigenvalue weighted by atomic mass is 9.82. The molecule has 0 unspecified atom stereocenters. The molecule has 214 valence electrons. The highest BCUT2D eigenvalue weighted by molar-refractivity contribution is 7.13. The van der Waals surface area contributed by atoms with Crippen LogP contribution in [-0.2, 0) is 31.1 Å². The number of aliphatic carboxylic acids is 1. The lowest BCUT2D eigenvalue weighted by Crippen LogP contribution is -2.72. The highest BCUT2D eigenvalue weighted by atomic mass is 32.1. The predicted molar refractivity (Wildman–Crippen MR) is 144 cm³/mol. The van der Waals surface area contributed by atoms with Crippen molar-refractivity contribution in [2.45, 2.75) is 31.3 Å². The minimum Gasteiger partial charge on any atom is -0.477 e. The average Bonchev–Trinajstić information content (AvgIpc) is 3.54. The summed E-state index contributed by atoms with van der Waals surface area (Å²) < 4.78 is 14.3. The Morgan fingerprint density at radius 2 is 2.20 bits per heavy atom. The monoisotopic (exact) mass is 584 g/mol. The van der Waals surface area contributed by atoms with Crippen LogP contribution in [0.2, 0.25) is 0 Å². The molecule has 0 aromatic carbocycles. The van der Waals surface area contributed by atoms with Gasteiger partial charge >= 0.3 is 5.97 Å². The van der Waals surface area contributed by atoms with E-state index in [1.165, 1.54) is 5.38 Å². The van der Waals surface area contributed by atoms with E-state index in [9.17, 15) is 28.7 Å². The number of carbonyl (C=O) groups excluding carboxylic acids is 3. The summed E-state index contributed by atoms with van der Waals surface area (Å²) in [5.74, 6) is -2.95. The number of aromatic nitrogens is 2. The van der Waals surface area contributed by atoms with E-state index < -0.39 is 36.5 Å². The van der Waals surface area contributed by atoms with Crippen molar-refractivity contribution in [2.24, 2.45) is 12.2 Å². The van der Waals surface area contributed by atoms with Gasteiger partial charge in [-0.2, -0.15) is 0 Å². The van der Waals surface area contributed by atoms with Crippen molar-refractivity contribution in [1.29, 1.82) is 0 Å². The van der Waals surface area contributed by atoms with Gasteiger partial charge in [0.2, 0.25) is 0 Å². The van der Waals surface area contributed by atoms with Gasteiger partial charge in [-0.25, -0.2) is 18.7 Å². The number of carboxylic acids is 1. The van der Waals surface area contributed by atoms with Gasteiger partial charge < -0.3 is 25.9 Å². The van der Waals surface area contributed by atoms with Crippen LogP contribution >= 0.6 is 11.3 Å². The molecule has 15 heteroatoms. The van der Waals surface area contributed by atoms with E-state index in [4.69, 9.17) is 10.6 Å². The number of nitrogens with one attached hydrogen (secondary N) is 1. The van der Waals surface area contributed by atoms with Gasteiger partial charge in [0.05, 0.1) is 6.04 Å². The number of hydrogen-bond acceptors (Lipinski definition) is 9. The Morgan fingerprint density at radius 1 is 1.39 bits per heavy atom. The molecule has 41 heavy (non-hydrogen) atoms. The average molecular weight is 585 g/mol. The van der Waals surface area contributed by atoms with Crippen molar-refractivity contribution in [3.63, 3.8) is 0 Å². The van der Waals surface area contributed by atoms with Crippen LogP contribution in [0, 0.1) is 0 Å². The number of alkyl halides is 1. The molecular weight excluding hydrogens is 557 g/mol. The summed E-state index contributed by atoms with van der Waals surface area (Å²) in [4.78, 5) is 63.2. The number of oxime groups is 1. The molecular formula is C26H27FN7O6S+. The van der Waals surface area contributed by atoms with E-state index in [2.05, 4.69) is 15.5 Å². The Hall–Kier alpha value is -4.66. The van der Waals surface area contributed by atoms with Crippen LogP contribution in [0.1, 0.15) is 25.0 Å². The maximum atomic E-state index is 13.1. The van der Waals surface area contributed by atoms with Crippen molar-refractivity contribution in [2.75, 3.05) is 30.5 Å². The van der Waals surface area contributed by atoms with Crippen molar-refractivity contribution in [3.8, 4) is 0 Å². The topological polar surface area (TPSA) is 171 Å². The predicted octanol–water partition coefficient (Wildman–Crippen LogP) is 0.431. The zero-order valence-electron chi connectivity index (χ0n) is 21.9. The number of fused-ring (bicyclic) bond motifs is 1. The number of amides is 3. The minimum atomic E-state index is -1.31. The minimum absolute atomic E-state index is 0.0932. The first-order valence-corrected chi connectivity index (χ1v) is 13.6. The Balaban J connectivity index is 1.34. The fourth-order valence-corrected chi connectivity index (χ4v) is 5.67. The second kappa shape index (κ2) is 11.4. The van der Waals surface area contributed by atoms with Gasteiger partial charge in [-0.15, -0.1) is 11.3 Å². The number of halogens is 1. The van der Waals surface area contributed by atoms with Crippen molar-refractivity contribution >= 4 is 51.6 Å². The maximum Gasteiger partial charge on any atom is 0.352 e. The number of nitrogen functional groups attached to an aromatic ring is 1. The van der Waals surface area contributed by atoms with Gasteiger partial charge in [0.1, 0.15) is 43.4 Å². The Kier molecular flexibility index (Phi) is 7.79. The fourth-order valence-electron chi connectivity index (χ4n) is 5.12. The molecule has 2 saturated heterocycles. The molecule has 13 nitrogen and oxygen atoms in total. The van der Waals surface area contributed by atoms with Crippen molar-refractivity contribution in [3.05, 3.63) is 58.5 Å². The summed E-state index contributed by atoms with van der Waals surface area (Å²) in [6.45, 7) is -0.759. The molecule has 3 amide bonds. The van der Waals surface area contributed by atoms with E-state index in [0.717, 1.165) is 21.9 Å². The zero-order valence-corrected chi connectivity index (χ0v) is 22.8. The Labute approximate surface area is 237 Å². The third kappa shape index (κ3) is 5.39. The number of pyridine rings is 1. The summed E-state index contributed by atoms with van der Waals surface area (Å²) in [5.41, 5.74) is 6.81. The van der Waals surface area contributed by atoms with Gasteiger partial charge in [0.15, 0.2) is 23.2 Å². The molecule has 5 rings (SSSR count). The van der Waals surface area contributed by atoms with Gasteiger partial charge in [0.25, 0.3) is 17.7 Å². The molecule has 2 atom stereocenters. The molecule has 0 spiro atoms. The van der Waals surface area contributed by atoms with E-state index in [1.807, 2.05) is 36.1 Å². The number of β-lactam (4-membered cyclic amide) rings is 1. The summed E-state index contributed by atoms with van der Waals surface area (Å²) in [6.07, 6.45) is 6.32. The highest BCUT2D eigenvalue weighted by Crippen LogP contribution is 2.38. The number of allylic oxidation sites excluding steroid dienone is 2. The van der Waals surface area contributed by atoms with Crippen LogP contribution in [0.5, 0.6) is 0 Å². The number of nitrogens with zero attached hydrogens (tertiary/aromatic N) is 5. The lowest BCUT2D eigenvalue weighted by molar-refractivity contribution is -0.670. The summed E-state index contributed by atoms with van der Waals surface area (Å²) in [6, 6.07) is 2.03. The third-order valence-electron chi connectivity index (χ3n) is 6.98. The molecule has 2 aromatic rings. The molecule has 2 fully saturated rings. The number of nitrogens with two attached hydrogens (primary N) is 1. The number of carboxylic acid groups (broad SMARTS) is 1. The first kappa shape index (κ1) is 27.9. The number of hydrogen-bond donors (Lipinski definition) is 3. The molecule has 3 aliphatic rings. The van der Waals surface area contributed by atoms with Crippen LogP contribution in [0.4, 0.5) is 15.2 Å². The third-order valence-corrected chi connectivity index (χ3v) is 7.65. The molecule has 0 radical (unpaired) electrons. The molecule has 0 saturated carbocycles. The number of aryl methyl sites for hydroxylation is 1. The molecule has 4 N–H and O–H groups in total. The van der Waals surface area contributed by atoms with E-state index in [0.29, 0.717) is 30.5 Å². The fraction of sp³-hybridized carbons (Fsp3) is 0.346. The quantitative estimate of drug-likeness (QED) is 0.0951. The molecule has 3 aliphatic heterocycles. The van der Waals surface area contributed by atoms with Gasteiger partial charge in [-0.1, -0.05) is 5.16 Å². The van der Waals surface area contributed by atoms with Crippen LogP contribution in [0.3, 0.4) is 0 Å². The molecule has 2 aromatic heterocycles. The molecule has 0 aliphatic carbocycles. The molecule has 0 bridgehead atoms. The van der Waals surface area contributed by atoms with Crippen LogP contribution in [-0.4, -0.2) is 76.3 Å². The smallest absolute Gasteiger partial charge is 0.352 e. The van der Waals surface area contributed by atoms with Crippen molar-refractivity contribution < 1.29 is 38.1 Å². The van der Waals surface area contributed by atoms with Gasteiger partial charge in [0, 0.05) is 23.6 Å². The largest absolute Gasteiger partial charge is 0.477 e. The normalized spacial score (nSPS) is 21.7. The molecule has 5 heterocycles. The van der Waals surface area contributed by atoms with Crippen LogP contribution in [0.15, 0.2) is 58.0 Å². The highest BCUT2D eigenvalue weighted by Gasteiger charge is 2.53. The van der Waals surface area contributed by atoms with E-state index in [1.54, 1.807) is 11.0 Å². The summed E-state index contributed by atoms with van der Waals surface area (Å²) in [5, 5.41) is 17.9. The number of thiazole rings is 1. The zero-order chi connectivity index (χ0) is 29.3. The second-order valence-corrected chi connectivity index (χ2v) is 10.5. The standard InChI is InChI=1S/C26H26FN7O6S/c1-32-8-2-3-16(12-32)33-9-6-15(23(33)36)11-14-4-5-18-20(24(37)34(18)21(14)25(38)39)30-22(35)19(31-40-10-7-27)17-13-41-26(28)29-17/h2-3,8,11-13,18,20H,4-7,9-10H2,1H3,(H3-,28,29,30,35,38,39)/p+1/b15-11+,31-19-/t18-,20+/m1/s1. The maximum absolute atomic E-state index is 13.1. The SMILES string of the molecule is C[n+]1cccc(N2CC/C(=C\C3=C(C(=O)O)N4C(=O)[C@@H](NC(=O)/C(=N\OCCF)c5csc(N)n5)[C@H]4CC3)C2=O)c1. The number of rotatable bonds is 9. The first-order chi connectivity index (χ1) is 19.7. The summed E-state index contributed by atoms with van der Waals surface area (Å²) >= 11 is 1.06. The van der Waals surface area contributed by atoms with Gasteiger partial charge in [-0.05, 0) is 37.0 Å². The second-order valence-electron chi connectivity index (χ2n) is 9.58. The number of carbonyl (C=O) groups is 4. The van der Waals surface area contributed by atoms with Gasteiger partial charge in [-0.3, -0.25) is 19.3 Å². The Bertz CT molecular complexity index is 1520. The summed E-state index contributed by atoms with van der Waals surface area (Å²) in [7, 11) is 1.85. The van der Waals surface area contributed by atoms with Crippen molar-refractivity contribution in [1.82, 2.24) is 15.2 Å². The Morgan fingerprint density at radius 3 is 2.88 bits per heavy atom. The van der Waals surface area contributed by atoms with E-state index >= 15 is 0 Å². The van der Waals surface area contributed by atoms with Crippen LogP contribution in [0.25, 0.3) is 0 Å². The van der Waals surface area contributed by atoms with E-state index in [-0.39, 0.29) is 41.2 Å².